The molecule has 2 heterocycles. The number of nitrogens with one attached hydrogen (secondary N) is 1. The Kier molecular flexibility index (Phi) is 5.46. The van der Waals surface area contributed by atoms with E-state index >= 15 is 0 Å². The molecule has 0 unspecified atom stereocenters. The maximum atomic E-state index is 13.5. The van der Waals surface area contributed by atoms with Crippen LogP contribution in [0, 0.1) is 46.0 Å². The number of likely N-dealkylation sites (tertiary alicyclic amines) is 1. The quantitative estimate of drug-likeness (QED) is 0.554. The molecule has 1 spiro atoms. The third-order valence-corrected chi connectivity index (χ3v) is 7.91. The molecule has 1 aliphatic heterocycles. The summed E-state index contributed by atoms with van der Waals surface area (Å²) in [5.41, 5.74) is 8.05. The van der Waals surface area contributed by atoms with Crippen molar-refractivity contribution in [2.45, 2.75) is 53.9 Å². The molecule has 3 aromatic rings. The fourth-order valence-corrected chi connectivity index (χ4v) is 5.71. The Hall–Kier alpha value is -3.21. The minimum atomic E-state index is 0.0418. The molecular formula is C29H33N3O2. The molecule has 1 saturated carbocycles. The molecule has 5 nitrogen and oxygen atoms in total. The molecule has 0 bridgehead atoms. The summed E-state index contributed by atoms with van der Waals surface area (Å²) in [5, 5.41) is 4.05. The van der Waals surface area contributed by atoms with E-state index in [4.69, 9.17) is 4.98 Å². The van der Waals surface area contributed by atoms with Gasteiger partial charge in [0.05, 0.1) is 11.1 Å². The first-order valence-corrected chi connectivity index (χ1v) is 12.2. The smallest absolute Gasteiger partial charge is 0.254 e. The number of carbonyl (C=O) groups is 2. The zero-order valence-corrected chi connectivity index (χ0v) is 20.8. The van der Waals surface area contributed by atoms with Gasteiger partial charge < -0.3 is 10.2 Å². The zero-order chi connectivity index (χ0) is 24.2. The normalized spacial score (nSPS) is 18.9. The monoisotopic (exact) mass is 455 g/mol. The largest absolute Gasteiger partial charge is 0.339 e. The van der Waals surface area contributed by atoms with E-state index in [0.29, 0.717) is 13.1 Å². The van der Waals surface area contributed by atoms with Gasteiger partial charge in [-0.15, -0.1) is 0 Å². The third-order valence-electron chi connectivity index (χ3n) is 7.91. The molecule has 2 amide bonds. The highest BCUT2D eigenvalue weighted by molar-refractivity contribution is 6.07. The van der Waals surface area contributed by atoms with Gasteiger partial charge in [0, 0.05) is 35.8 Å². The Labute approximate surface area is 201 Å². The number of aryl methyl sites for hydroxylation is 5. The summed E-state index contributed by atoms with van der Waals surface area (Å²) >= 11 is 0. The van der Waals surface area contributed by atoms with Crippen molar-refractivity contribution in [1.82, 2.24) is 9.88 Å². The number of nitrogens with zero attached hydrogens (tertiary/aromatic N) is 2. The summed E-state index contributed by atoms with van der Waals surface area (Å²) in [4.78, 5) is 33.2. The second-order valence-corrected chi connectivity index (χ2v) is 10.5. The van der Waals surface area contributed by atoms with E-state index in [0.717, 1.165) is 63.8 Å². The molecule has 2 fully saturated rings. The second-order valence-electron chi connectivity index (χ2n) is 10.5. The summed E-state index contributed by atoms with van der Waals surface area (Å²) in [6.45, 7) is 11.6. The van der Waals surface area contributed by atoms with Gasteiger partial charge in [0.2, 0.25) is 5.91 Å². The van der Waals surface area contributed by atoms with Crippen LogP contribution < -0.4 is 5.32 Å². The SMILES string of the molecule is Cc1cc(C)cc(NC(=O)[C@@H]2CC23CCN(C(=O)c2cc(C)nc4c(C)c(C)ccc24)CC3)c1. The van der Waals surface area contributed by atoms with Crippen molar-refractivity contribution in [3.8, 4) is 0 Å². The number of amides is 2. The van der Waals surface area contributed by atoms with Gasteiger partial charge in [0.1, 0.15) is 0 Å². The van der Waals surface area contributed by atoms with Crippen LogP contribution in [0.3, 0.4) is 0 Å². The summed E-state index contributed by atoms with van der Waals surface area (Å²) < 4.78 is 0. The van der Waals surface area contributed by atoms with E-state index in [1.54, 1.807) is 0 Å². The van der Waals surface area contributed by atoms with Crippen LogP contribution in [0.4, 0.5) is 5.69 Å². The average molecular weight is 456 g/mol. The van der Waals surface area contributed by atoms with Crippen LogP contribution >= 0.6 is 0 Å². The Morgan fingerprint density at radius 2 is 1.65 bits per heavy atom. The lowest BCUT2D eigenvalue weighted by atomic mass is 9.90. The Morgan fingerprint density at radius 3 is 2.32 bits per heavy atom. The molecule has 34 heavy (non-hydrogen) atoms. The highest BCUT2D eigenvalue weighted by Gasteiger charge is 2.58. The van der Waals surface area contributed by atoms with E-state index in [1.165, 1.54) is 5.56 Å². The van der Waals surface area contributed by atoms with Gasteiger partial charge in [-0.25, -0.2) is 0 Å². The summed E-state index contributed by atoms with van der Waals surface area (Å²) in [7, 11) is 0. The third kappa shape index (κ3) is 3.97. The van der Waals surface area contributed by atoms with Gasteiger partial charge >= 0.3 is 0 Å². The number of benzene rings is 2. The molecule has 1 aliphatic carbocycles. The van der Waals surface area contributed by atoms with Crippen LogP contribution in [0.15, 0.2) is 36.4 Å². The number of anilines is 1. The number of fused-ring (bicyclic) bond motifs is 1. The highest BCUT2D eigenvalue weighted by atomic mass is 16.2. The lowest BCUT2D eigenvalue weighted by Gasteiger charge is -2.33. The van der Waals surface area contributed by atoms with E-state index in [2.05, 4.69) is 31.3 Å². The minimum absolute atomic E-state index is 0.0418. The molecule has 5 rings (SSSR count). The molecule has 2 aromatic carbocycles. The van der Waals surface area contributed by atoms with Crippen LogP contribution in [-0.2, 0) is 4.79 Å². The molecule has 2 aliphatic rings. The van der Waals surface area contributed by atoms with E-state index in [1.807, 2.05) is 49.9 Å². The fraction of sp³-hybridized carbons (Fsp3) is 0.414. The number of hydrogen-bond donors (Lipinski definition) is 1. The molecule has 1 aromatic heterocycles. The molecule has 1 saturated heterocycles. The molecule has 0 radical (unpaired) electrons. The molecule has 1 N–H and O–H groups in total. The van der Waals surface area contributed by atoms with E-state index in [-0.39, 0.29) is 23.1 Å². The highest BCUT2D eigenvalue weighted by Crippen LogP contribution is 2.59. The number of carbonyl (C=O) groups excluding carboxylic acids is 2. The first-order chi connectivity index (χ1) is 16.2. The van der Waals surface area contributed by atoms with Gasteiger partial charge in [-0.3, -0.25) is 14.6 Å². The van der Waals surface area contributed by atoms with Crippen molar-refractivity contribution < 1.29 is 9.59 Å². The lowest BCUT2D eigenvalue weighted by molar-refractivity contribution is -0.118. The van der Waals surface area contributed by atoms with Crippen LogP contribution in [0.5, 0.6) is 0 Å². The first kappa shape index (κ1) is 22.6. The number of aromatic nitrogens is 1. The molecule has 1 atom stereocenters. The molecular weight excluding hydrogens is 422 g/mol. The summed E-state index contributed by atoms with van der Waals surface area (Å²) in [6.07, 6.45) is 2.68. The zero-order valence-electron chi connectivity index (χ0n) is 20.8. The second kappa shape index (κ2) is 8.23. The van der Waals surface area contributed by atoms with Crippen molar-refractivity contribution in [3.63, 3.8) is 0 Å². The van der Waals surface area contributed by atoms with E-state index in [9.17, 15) is 9.59 Å². The number of rotatable bonds is 3. The van der Waals surface area contributed by atoms with Crippen molar-refractivity contribution >= 4 is 28.4 Å². The van der Waals surface area contributed by atoms with Gasteiger partial charge in [0.15, 0.2) is 0 Å². The van der Waals surface area contributed by atoms with Crippen molar-refractivity contribution in [1.29, 1.82) is 0 Å². The van der Waals surface area contributed by atoms with Crippen LogP contribution in [0.25, 0.3) is 10.9 Å². The Morgan fingerprint density at radius 1 is 0.971 bits per heavy atom. The van der Waals surface area contributed by atoms with Gasteiger partial charge in [-0.05, 0) is 99.7 Å². The minimum Gasteiger partial charge on any atom is -0.339 e. The van der Waals surface area contributed by atoms with Crippen molar-refractivity contribution in [2.75, 3.05) is 18.4 Å². The fourth-order valence-electron chi connectivity index (χ4n) is 5.71. The number of pyridine rings is 1. The van der Waals surface area contributed by atoms with Gasteiger partial charge in [0.25, 0.3) is 5.91 Å². The Balaban J connectivity index is 1.28. The molecule has 176 valence electrons. The van der Waals surface area contributed by atoms with Crippen LogP contribution in [-0.4, -0.2) is 34.8 Å². The maximum Gasteiger partial charge on any atom is 0.254 e. The van der Waals surface area contributed by atoms with Crippen LogP contribution in [0.1, 0.15) is 57.6 Å². The first-order valence-electron chi connectivity index (χ1n) is 12.2. The van der Waals surface area contributed by atoms with Crippen molar-refractivity contribution in [3.05, 3.63) is 69.9 Å². The van der Waals surface area contributed by atoms with Gasteiger partial charge in [-0.2, -0.15) is 0 Å². The predicted molar refractivity (Wildman–Crippen MR) is 136 cm³/mol. The number of hydrogen-bond acceptors (Lipinski definition) is 3. The standard InChI is InChI=1S/C29H33N3O2/c1-17-12-18(2)14-22(13-17)31-27(33)25-16-29(25)8-10-32(11-9-29)28(34)24-15-20(4)30-26-21(5)19(3)6-7-23(24)26/h6-7,12-15,25H,8-11,16H2,1-5H3,(H,31,33)/t25-/m0/s1. The van der Waals surface area contributed by atoms with E-state index < -0.39 is 0 Å². The Bertz CT molecular complexity index is 1300. The maximum absolute atomic E-state index is 13.5. The van der Waals surface area contributed by atoms with Crippen molar-refractivity contribution in [2.24, 2.45) is 11.3 Å². The van der Waals surface area contributed by atoms with Crippen LogP contribution in [0.2, 0.25) is 0 Å². The number of piperidine rings is 1. The van der Waals surface area contributed by atoms with Gasteiger partial charge in [-0.1, -0.05) is 18.2 Å². The predicted octanol–water partition coefficient (Wildman–Crippen LogP) is 5.66. The summed E-state index contributed by atoms with van der Waals surface area (Å²) in [5.74, 6) is 0.233. The average Bonchev–Trinajstić information content (AvgIpc) is 3.49. The topological polar surface area (TPSA) is 62.3 Å². The lowest BCUT2D eigenvalue weighted by Crippen LogP contribution is -2.40. The molecule has 5 heteroatoms. The summed E-state index contributed by atoms with van der Waals surface area (Å²) in [6, 6.07) is 12.2.